The van der Waals surface area contributed by atoms with Crippen molar-refractivity contribution in [3.8, 4) is 11.5 Å². The molecular weight excluding hydrogens is 379 g/mol. The molecule has 0 aliphatic rings. The van der Waals surface area contributed by atoms with E-state index >= 15 is 0 Å². The van der Waals surface area contributed by atoms with Crippen LogP contribution < -0.4 is 14.8 Å². The molecule has 1 amide bonds. The van der Waals surface area contributed by atoms with Crippen LogP contribution >= 0.6 is 0 Å². The van der Waals surface area contributed by atoms with Gasteiger partial charge >= 0.3 is 5.97 Å². The summed E-state index contributed by atoms with van der Waals surface area (Å²) < 4.78 is 24.5. The summed E-state index contributed by atoms with van der Waals surface area (Å²) in [6, 6.07) is 13.6. The fourth-order valence-corrected chi connectivity index (χ4v) is 2.51. The van der Waals surface area contributed by atoms with Gasteiger partial charge < -0.3 is 19.9 Å². The molecule has 3 aromatic rings. The van der Waals surface area contributed by atoms with E-state index in [9.17, 15) is 14.0 Å². The standard InChI is InChI=1S/C21H17FN2O5/c1-28-18-8-7-15(29-12-14-4-2-3-5-17(14)22)10-16(18)20(25)24-19-9-6-13(11-23-19)21(26)27/h2-11H,12H2,1H3,(H,26,27)(H,23,24,25). The molecule has 0 aliphatic carbocycles. The number of pyridine rings is 1. The van der Waals surface area contributed by atoms with Crippen LogP contribution in [0.3, 0.4) is 0 Å². The van der Waals surface area contributed by atoms with Crippen LogP contribution in [0.1, 0.15) is 26.3 Å². The Kier molecular flexibility index (Phi) is 6.03. The second-order valence-electron chi connectivity index (χ2n) is 5.93. The smallest absolute Gasteiger partial charge is 0.337 e. The number of ether oxygens (including phenoxy) is 2. The normalized spacial score (nSPS) is 10.3. The van der Waals surface area contributed by atoms with Gasteiger partial charge in [0.05, 0.1) is 18.2 Å². The highest BCUT2D eigenvalue weighted by molar-refractivity contribution is 6.06. The number of carbonyl (C=O) groups is 2. The lowest BCUT2D eigenvalue weighted by atomic mass is 10.1. The number of rotatable bonds is 7. The minimum atomic E-state index is -1.11. The summed E-state index contributed by atoms with van der Waals surface area (Å²) >= 11 is 0. The Morgan fingerprint density at radius 2 is 1.93 bits per heavy atom. The van der Waals surface area contributed by atoms with Crippen molar-refractivity contribution in [2.24, 2.45) is 0 Å². The molecule has 2 N–H and O–H groups in total. The third kappa shape index (κ3) is 4.86. The van der Waals surface area contributed by atoms with Crippen LogP contribution in [0.25, 0.3) is 0 Å². The van der Waals surface area contributed by atoms with Crippen LogP contribution in [0, 0.1) is 5.82 Å². The first kappa shape index (κ1) is 19.8. The third-order valence-corrected chi connectivity index (χ3v) is 4.02. The number of carbonyl (C=O) groups excluding carboxylic acids is 1. The van der Waals surface area contributed by atoms with E-state index < -0.39 is 11.9 Å². The summed E-state index contributed by atoms with van der Waals surface area (Å²) in [5.74, 6) is -1.17. The van der Waals surface area contributed by atoms with Crippen molar-refractivity contribution in [2.75, 3.05) is 12.4 Å². The van der Waals surface area contributed by atoms with E-state index in [0.717, 1.165) is 6.20 Å². The third-order valence-electron chi connectivity index (χ3n) is 4.02. The van der Waals surface area contributed by atoms with Crippen molar-refractivity contribution < 1.29 is 28.6 Å². The highest BCUT2D eigenvalue weighted by Crippen LogP contribution is 2.26. The van der Waals surface area contributed by atoms with Gasteiger partial charge in [-0.25, -0.2) is 14.2 Å². The number of carboxylic acid groups (broad SMARTS) is 1. The fourth-order valence-electron chi connectivity index (χ4n) is 2.51. The Balaban J connectivity index is 1.76. The second-order valence-corrected chi connectivity index (χ2v) is 5.93. The van der Waals surface area contributed by atoms with Crippen molar-refractivity contribution in [3.05, 3.63) is 83.3 Å². The maximum atomic E-state index is 13.7. The molecular formula is C21H17FN2O5. The van der Waals surface area contributed by atoms with Crippen LogP contribution in [0.15, 0.2) is 60.8 Å². The Bertz CT molecular complexity index is 1040. The van der Waals surface area contributed by atoms with Crippen molar-refractivity contribution >= 4 is 17.7 Å². The number of methoxy groups -OCH3 is 1. The summed E-state index contributed by atoms with van der Waals surface area (Å²) in [6.07, 6.45) is 1.14. The number of hydrogen-bond acceptors (Lipinski definition) is 5. The predicted octanol–water partition coefficient (Wildman–Crippen LogP) is 3.76. The van der Waals surface area contributed by atoms with E-state index in [1.165, 1.54) is 31.4 Å². The fraction of sp³-hybridized carbons (Fsp3) is 0.0952. The molecule has 8 heteroatoms. The zero-order valence-electron chi connectivity index (χ0n) is 15.4. The van der Waals surface area contributed by atoms with E-state index in [-0.39, 0.29) is 29.4 Å². The Labute approximate surface area is 165 Å². The molecule has 148 valence electrons. The summed E-state index contributed by atoms with van der Waals surface area (Å²) in [5, 5.41) is 11.5. The van der Waals surface area contributed by atoms with Gasteiger partial charge in [-0.3, -0.25) is 4.79 Å². The number of benzene rings is 2. The first-order chi connectivity index (χ1) is 14.0. The lowest BCUT2D eigenvalue weighted by Crippen LogP contribution is -2.14. The Hall–Kier alpha value is -3.94. The predicted molar refractivity (Wildman–Crippen MR) is 103 cm³/mol. The van der Waals surface area contributed by atoms with Crippen LogP contribution in [0.4, 0.5) is 10.2 Å². The van der Waals surface area contributed by atoms with Gasteiger partial charge in [0.2, 0.25) is 0 Å². The zero-order valence-corrected chi connectivity index (χ0v) is 15.4. The average Bonchev–Trinajstić information content (AvgIpc) is 2.73. The SMILES string of the molecule is COc1ccc(OCc2ccccc2F)cc1C(=O)Nc1ccc(C(=O)O)cn1. The van der Waals surface area contributed by atoms with Gasteiger partial charge in [-0.2, -0.15) is 0 Å². The van der Waals surface area contributed by atoms with Gasteiger partial charge in [0.25, 0.3) is 5.91 Å². The van der Waals surface area contributed by atoms with Gasteiger partial charge in [-0.1, -0.05) is 18.2 Å². The molecule has 0 radical (unpaired) electrons. The first-order valence-electron chi connectivity index (χ1n) is 8.53. The molecule has 0 aliphatic heterocycles. The van der Waals surface area contributed by atoms with Crippen LogP contribution in [-0.2, 0) is 6.61 Å². The molecule has 0 saturated carbocycles. The number of anilines is 1. The van der Waals surface area contributed by atoms with Crippen LogP contribution in [-0.4, -0.2) is 29.1 Å². The number of aromatic nitrogens is 1. The molecule has 1 heterocycles. The van der Waals surface area contributed by atoms with E-state index in [2.05, 4.69) is 10.3 Å². The van der Waals surface area contributed by atoms with E-state index in [4.69, 9.17) is 14.6 Å². The molecule has 0 saturated heterocycles. The molecule has 3 rings (SSSR count). The molecule has 0 unspecified atom stereocenters. The average molecular weight is 396 g/mol. The highest BCUT2D eigenvalue weighted by Gasteiger charge is 2.15. The molecule has 0 bridgehead atoms. The van der Waals surface area contributed by atoms with Crippen LogP contribution in [0.5, 0.6) is 11.5 Å². The highest BCUT2D eigenvalue weighted by atomic mass is 19.1. The van der Waals surface area contributed by atoms with Gasteiger partial charge in [-0.15, -0.1) is 0 Å². The Morgan fingerprint density at radius 1 is 1.14 bits per heavy atom. The van der Waals surface area contributed by atoms with Crippen molar-refractivity contribution in [1.29, 1.82) is 0 Å². The summed E-state index contributed by atoms with van der Waals surface area (Å²) in [4.78, 5) is 27.4. The molecule has 0 spiro atoms. The van der Waals surface area contributed by atoms with Gasteiger partial charge in [0, 0.05) is 11.8 Å². The second kappa shape index (κ2) is 8.83. The van der Waals surface area contributed by atoms with Crippen molar-refractivity contribution in [2.45, 2.75) is 6.61 Å². The molecule has 2 aromatic carbocycles. The van der Waals surface area contributed by atoms with Crippen molar-refractivity contribution in [3.63, 3.8) is 0 Å². The first-order valence-corrected chi connectivity index (χ1v) is 8.53. The maximum Gasteiger partial charge on any atom is 0.337 e. The van der Waals surface area contributed by atoms with Crippen LogP contribution in [0.2, 0.25) is 0 Å². The molecule has 1 aromatic heterocycles. The van der Waals surface area contributed by atoms with E-state index in [1.54, 1.807) is 30.3 Å². The Morgan fingerprint density at radius 3 is 2.59 bits per heavy atom. The molecule has 0 atom stereocenters. The number of hydrogen-bond donors (Lipinski definition) is 2. The monoisotopic (exact) mass is 396 g/mol. The largest absolute Gasteiger partial charge is 0.496 e. The summed E-state index contributed by atoms with van der Waals surface area (Å²) in [7, 11) is 1.42. The van der Waals surface area contributed by atoms with E-state index in [1.807, 2.05) is 0 Å². The number of amides is 1. The summed E-state index contributed by atoms with van der Waals surface area (Å²) in [5.41, 5.74) is 0.573. The molecule has 29 heavy (non-hydrogen) atoms. The number of halogens is 1. The number of nitrogens with one attached hydrogen (secondary N) is 1. The molecule has 7 nitrogen and oxygen atoms in total. The lowest BCUT2D eigenvalue weighted by Gasteiger charge is -2.12. The topological polar surface area (TPSA) is 97.8 Å². The number of aromatic carboxylic acids is 1. The minimum absolute atomic E-state index is 0.00172. The summed E-state index contributed by atoms with van der Waals surface area (Å²) in [6.45, 7) is -0.00172. The van der Waals surface area contributed by atoms with Gasteiger partial charge in [-0.05, 0) is 36.4 Å². The van der Waals surface area contributed by atoms with Crippen molar-refractivity contribution in [1.82, 2.24) is 4.98 Å². The van der Waals surface area contributed by atoms with Gasteiger partial charge in [0.15, 0.2) is 0 Å². The maximum absolute atomic E-state index is 13.7. The van der Waals surface area contributed by atoms with E-state index in [0.29, 0.717) is 17.1 Å². The lowest BCUT2D eigenvalue weighted by molar-refractivity contribution is 0.0696. The van der Waals surface area contributed by atoms with Gasteiger partial charge in [0.1, 0.15) is 29.7 Å². The minimum Gasteiger partial charge on any atom is -0.496 e. The number of nitrogens with zero attached hydrogens (tertiary/aromatic N) is 1. The quantitative estimate of drug-likeness (QED) is 0.631. The number of carboxylic acids is 1. The zero-order chi connectivity index (χ0) is 20.8. The molecule has 0 fully saturated rings.